The smallest absolute Gasteiger partial charge is 0.394 e. The Labute approximate surface area is 71.4 Å². The van der Waals surface area contributed by atoms with E-state index in [-0.39, 0.29) is 0 Å². The number of carboxylic acid groups (broad SMARTS) is 1. The van der Waals surface area contributed by atoms with Crippen molar-refractivity contribution in [2.45, 2.75) is 6.42 Å². The monoisotopic (exact) mass is 174 g/mol. The summed E-state index contributed by atoms with van der Waals surface area (Å²) in [5.41, 5.74) is 0. The minimum atomic E-state index is -1.40. The fourth-order valence-electron chi connectivity index (χ4n) is 0.758. The maximum Gasteiger partial charge on any atom is 0.394 e. The van der Waals surface area contributed by atoms with Crippen LogP contribution in [-0.4, -0.2) is 49.1 Å². The number of rotatable bonds is 4. The fraction of sp³-hybridized carbons (Fsp3) is 0.714. The number of hydrogen-bond acceptors (Lipinski definition) is 3. The van der Waals surface area contributed by atoms with E-state index in [4.69, 9.17) is 5.11 Å². The number of aliphatic carboxylic acids is 1. The van der Waals surface area contributed by atoms with Crippen LogP contribution >= 0.6 is 0 Å². The van der Waals surface area contributed by atoms with E-state index in [1.54, 1.807) is 7.05 Å². The molecule has 0 aromatic rings. The molecule has 0 atom stereocenters. The summed E-state index contributed by atoms with van der Waals surface area (Å²) in [4.78, 5) is 22.1. The van der Waals surface area contributed by atoms with E-state index in [2.05, 4.69) is 5.32 Å². The Bertz CT molecular complexity index is 170. The van der Waals surface area contributed by atoms with E-state index in [1.807, 2.05) is 0 Å². The minimum Gasteiger partial charge on any atom is -0.474 e. The predicted molar refractivity (Wildman–Crippen MR) is 43.8 cm³/mol. The number of carbonyl (C=O) groups is 2. The highest BCUT2D eigenvalue weighted by Crippen LogP contribution is 1.87. The molecule has 5 heteroatoms. The predicted octanol–water partition coefficient (Wildman–Crippen LogP) is -0.861. The van der Waals surface area contributed by atoms with Gasteiger partial charge in [0.25, 0.3) is 0 Å². The topological polar surface area (TPSA) is 69.6 Å². The number of hydrogen-bond donors (Lipinski definition) is 2. The molecule has 0 radical (unpaired) electrons. The van der Waals surface area contributed by atoms with E-state index in [9.17, 15) is 9.59 Å². The highest BCUT2D eigenvalue weighted by Gasteiger charge is 2.15. The summed E-state index contributed by atoms with van der Waals surface area (Å²) in [5.74, 6) is -2.26. The Hall–Kier alpha value is -1.10. The highest BCUT2D eigenvalue weighted by atomic mass is 16.4. The lowest BCUT2D eigenvalue weighted by Gasteiger charge is -2.13. The van der Waals surface area contributed by atoms with E-state index in [1.165, 1.54) is 11.9 Å². The van der Waals surface area contributed by atoms with Gasteiger partial charge >= 0.3 is 11.9 Å². The SMILES string of the molecule is CNCCCN(C)C(=O)C(=O)O. The summed E-state index contributed by atoms with van der Waals surface area (Å²) in [6.07, 6.45) is 0.756. The van der Waals surface area contributed by atoms with Crippen LogP contribution in [0, 0.1) is 0 Å². The first kappa shape index (κ1) is 10.9. The van der Waals surface area contributed by atoms with Gasteiger partial charge in [-0.15, -0.1) is 0 Å². The number of likely N-dealkylation sites (N-methyl/N-ethyl adjacent to an activating group) is 1. The van der Waals surface area contributed by atoms with Crippen LogP contribution in [0.15, 0.2) is 0 Å². The lowest BCUT2D eigenvalue weighted by molar-refractivity contribution is -0.155. The maximum atomic E-state index is 10.7. The first-order chi connectivity index (χ1) is 5.59. The van der Waals surface area contributed by atoms with Crippen LogP contribution in [0.5, 0.6) is 0 Å². The first-order valence-corrected chi connectivity index (χ1v) is 3.72. The van der Waals surface area contributed by atoms with Crippen molar-refractivity contribution in [2.75, 3.05) is 27.2 Å². The number of carboxylic acids is 1. The molecule has 0 aliphatic carbocycles. The quantitative estimate of drug-likeness (QED) is 0.430. The Morgan fingerprint density at radius 3 is 2.50 bits per heavy atom. The van der Waals surface area contributed by atoms with Crippen LogP contribution < -0.4 is 5.32 Å². The zero-order chi connectivity index (χ0) is 9.56. The molecule has 0 unspecified atom stereocenters. The minimum absolute atomic E-state index is 0.464. The van der Waals surface area contributed by atoms with Crippen LogP contribution in [0.2, 0.25) is 0 Å². The molecule has 5 nitrogen and oxygen atoms in total. The van der Waals surface area contributed by atoms with Gasteiger partial charge in [-0.2, -0.15) is 0 Å². The third-order valence-electron chi connectivity index (χ3n) is 1.45. The zero-order valence-electron chi connectivity index (χ0n) is 7.33. The molecule has 0 heterocycles. The molecule has 2 N–H and O–H groups in total. The van der Waals surface area contributed by atoms with Crippen molar-refractivity contribution in [3.05, 3.63) is 0 Å². The van der Waals surface area contributed by atoms with Gasteiger partial charge in [-0.3, -0.25) is 4.79 Å². The molecule has 0 aromatic heterocycles. The van der Waals surface area contributed by atoms with E-state index >= 15 is 0 Å². The summed E-state index contributed by atoms with van der Waals surface area (Å²) >= 11 is 0. The molecular weight excluding hydrogens is 160 g/mol. The maximum absolute atomic E-state index is 10.7. The fourth-order valence-corrected chi connectivity index (χ4v) is 0.758. The average molecular weight is 174 g/mol. The Balaban J connectivity index is 3.64. The molecule has 0 aliphatic heterocycles. The van der Waals surface area contributed by atoms with Gasteiger partial charge in [0.2, 0.25) is 0 Å². The number of nitrogens with one attached hydrogen (secondary N) is 1. The normalized spacial score (nSPS) is 9.50. The van der Waals surface area contributed by atoms with Crippen molar-refractivity contribution in [1.29, 1.82) is 0 Å². The van der Waals surface area contributed by atoms with Gasteiger partial charge in [-0.1, -0.05) is 0 Å². The Morgan fingerprint density at radius 2 is 2.08 bits per heavy atom. The molecule has 0 bridgehead atoms. The Morgan fingerprint density at radius 1 is 1.50 bits per heavy atom. The first-order valence-electron chi connectivity index (χ1n) is 3.72. The van der Waals surface area contributed by atoms with Gasteiger partial charge < -0.3 is 15.3 Å². The molecule has 0 saturated carbocycles. The summed E-state index contributed by atoms with van der Waals surface area (Å²) < 4.78 is 0. The van der Waals surface area contributed by atoms with Crippen molar-refractivity contribution in [3.63, 3.8) is 0 Å². The van der Waals surface area contributed by atoms with E-state index in [0.29, 0.717) is 6.54 Å². The van der Waals surface area contributed by atoms with Crippen molar-refractivity contribution in [1.82, 2.24) is 10.2 Å². The third-order valence-corrected chi connectivity index (χ3v) is 1.45. The molecule has 0 rings (SSSR count). The molecule has 12 heavy (non-hydrogen) atoms. The largest absolute Gasteiger partial charge is 0.474 e. The lowest BCUT2D eigenvalue weighted by Crippen LogP contribution is -2.34. The second-order valence-corrected chi connectivity index (χ2v) is 2.49. The average Bonchev–Trinajstić information content (AvgIpc) is 2.03. The zero-order valence-corrected chi connectivity index (χ0v) is 7.33. The van der Waals surface area contributed by atoms with Crippen LogP contribution in [0.1, 0.15) is 6.42 Å². The lowest BCUT2D eigenvalue weighted by atomic mass is 10.4. The van der Waals surface area contributed by atoms with Crippen LogP contribution in [0.25, 0.3) is 0 Å². The molecule has 0 saturated heterocycles. The van der Waals surface area contributed by atoms with Crippen molar-refractivity contribution in [3.8, 4) is 0 Å². The molecule has 0 aliphatic rings. The second-order valence-electron chi connectivity index (χ2n) is 2.49. The van der Waals surface area contributed by atoms with Crippen molar-refractivity contribution in [2.24, 2.45) is 0 Å². The summed E-state index contributed by atoms with van der Waals surface area (Å²) in [6.45, 7) is 1.24. The van der Waals surface area contributed by atoms with Crippen LogP contribution in [-0.2, 0) is 9.59 Å². The van der Waals surface area contributed by atoms with E-state index < -0.39 is 11.9 Å². The number of amides is 1. The van der Waals surface area contributed by atoms with Gasteiger partial charge in [-0.05, 0) is 20.0 Å². The summed E-state index contributed by atoms with van der Waals surface area (Å²) in [5, 5.41) is 11.2. The molecule has 0 spiro atoms. The Kier molecular flexibility index (Phi) is 5.03. The number of nitrogens with zero attached hydrogens (tertiary/aromatic N) is 1. The van der Waals surface area contributed by atoms with Gasteiger partial charge in [0, 0.05) is 13.6 Å². The van der Waals surface area contributed by atoms with Crippen molar-refractivity contribution >= 4 is 11.9 Å². The van der Waals surface area contributed by atoms with E-state index in [0.717, 1.165) is 13.0 Å². The summed E-state index contributed by atoms with van der Waals surface area (Å²) in [6, 6.07) is 0. The third kappa shape index (κ3) is 3.92. The van der Waals surface area contributed by atoms with Gasteiger partial charge in [0.05, 0.1) is 0 Å². The number of carbonyl (C=O) groups excluding carboxylic acids is 1. The standard InChI is InChI=1S/C7H14N2O3/c1-8-4-3-5-9(2)6(10)7(11)12/h8H,3-5H2,1-2H3,(H,11,12). The van der Waals surface area contributed by atoms with Gasteiger partial charge in [-0.25, -0.2) is 4.79 Å². The molecule has 1 amide bonds. The van der Waals surface area contributed by atoms with Crippen LogP contribution in [0.4, 0.5) is 0 Å². The molecule has 0 aromatic carbocycles. The highest BCUT2D eigenvalue weighted by molar-refractivity contribution is 6.31. The second kappa shape index (κ2) is 5.54. The summed E-state index contributed by atoms with van der Waals surface area (Å²) in [7, 11) is 3.28. The van der Waals surface area contributed by atoms with Gasteiger partial charge in [0.15, 0.2) is 0 Å². The van der Waals surface area contributed by atoms with Gasteiger partial charge in [0.1, 0.15) is 0 Å². The molecule has 70 valence electrons. The molecular formula is C7H14N2O3. The van der Waals surface area contributed by atoms with Crippen LogP contribution in [0.3, 0.4) is 0 Å². The molecule has 0 fully saturated rings. The van der Waals surface area contributed by atoms with Crippen molar-refractivity contribution < 1.29 is 14.7 Å².